The minimum atomic E-state index is -0.300. The van der Waals surface area contributed by atoms with Crippen LogP contribution in [-0.4, -0.2) is 22.9 Å². The Hall–Kier alpha value is -0.600. The average Bonchev–Trinajstić information content (AvgIpc) is 2.54. The van der Waals surface area contributed by atoms with Crippen molar-refractivity contribution in [3.05, 3.63) is 24.3 Å². The van der Waals surface area contributed by atoms with Crippen LogP contribution in [0.4, 0.5) is 0 Å². The van der Waals surface area contributed by atoms with E-state index in [0.29, 0.717) is 6.42 Å². The van der Waals surface area contributed by atoms with Gasteiger partial charge in [0.1, 0.15) is 0 Å². The molecule has 0 unspecified atom stereocenters. The lowest BCUT2D eigenvalue weighted by atomic mass is 10.0. The predicted octanol–water partition coefficient (Wildman–Crippen LogP) is 5.93. The smallest absolute Gasteiger partial charge is 0.0562 e. The summed E-state index contributed by atoms with van der Waals surface area (Å²) in [5, 5.41) is 18.2. The molecule has 1 atom stereocenters. The molecule has 0 aliphatic rings. The lowest BCUT2D eigenvalue weighted by Crippen LogP contribution is -2.08. The summed E-state index contributed by atoms with van der Waals surface area (Å²) in [5.74, 6) is 0. The van der Waals surface area contributed by atoms with Crippen LogP contribution in [0.2, 0.25) is 0 Å². The third-order valence-electron chi connectivity index (χ3n) is 4.20. The van der Waals surface area contributed by atoms with Crippen molar-refractivity contribution in [3.8, 4) is 0 Å². The molecule has 2 heteroatoms. The zero-order valence-electron chi connectivity index (χ0n) is 15.4. The Kier molecular flexibility index (Phi) is 18.9. The van der Waals surface area contributed by atoms with Crippen LogP contribution in [0.15, 0.2) is 24.3 Å². The highest BCUT2D eigenvalue weighted by atomic mass is 16.3. The van der Waals surface area contributed by atoms with Gasteiger partial charge >= 0.3 is 0 Å². The standard InChI is InChI=1S/C21H40O2/c1-2-3-4-5-6-7-8-9-10-11-12-13-14-15-16-17-18-21(23)19-20-22/h6-7,9-10,21-23H,2-5,8,11-20H2,1H3/b7-6-,10-9-/t21-/m0/s1. The largest absolute Gasteiger partial charge is 0.396 e. The Morgan fingerprint density at radius 3 is 1.87 bits per heavy atom. The van der Waals surface area contributed by atoms with Gasteiger partial charge in [-0.1, -0.05) is 76.2 Å². The average molecular weight is 325 g/mol. The molecule has 0 rings (SSSR count). The number of hydrogen-bond donors (Lipinski definition) is 2. The SMILES string of the molecule is CCCCC/C=C\C/C=C\CCCCCCCC[C@H](O)CCO. The first-order valence-electron chi connectivity index (χ1n) is 9.90. The van der Waals surface area contributed by atoms with E-state index in [0.717, 1.165) is 19.3 Å². The van der Waals surface area contributed by atoms with Crippen LogP contribution >= 0.6 is 0 Å². The fraction of sp³-hybridized carbons (Fsp3) is 0.810. The van der Waals surface area contributed by atoms with Gasteiger partial charge in [0.2, 0.25) is 0 Å². The van der Waals surface area contributed by atoms with Gasteiger partial charge in [0.15, 0.2) is 0 Å². The Balaban J connectivity index is 3.19. The van der Waals surface area contributed by atoms with Crippen molar-refractivity contribution < 1.29 is 10.2 Å². The van der Waals surface area contributed by atoms with E-state index in [-0.39, 0.29) is 12.7 Å². The number of aliphatic hydroxyl groups excluding tert-OH is 2. The van der Waals surface area contributed by atoms with Crippen molar-refractivity contribution in [3.63, 3.8) is 0 Å². The number of allylic oxidation sites excluding steroid dienone is 4. The molecule has 0 saturated heterocycles. The summed E-state index contributed by atoms with van der Waals surface area (Å²) >= 11 is 0. The highest BCUT2D eigenvalue weighted by molar-refractivity contribution is 4.92. The minimum Gasteiger partial charge on any atom is -0.396 e. The maximum absolute atomic E-state index is 9.49. The van der Waals surface area contributed by atoms with Crippen LogP contribution < -0.4 is 0 Å². The third kappa shape index (κ3) is 19.4. The van der Waals surface area contributed by atoms with E-state index in [1.807, 2.05) is 0 Å². The fourth-order valence-electron chi connectivity index (χ4n) is 2.66. The first-order valence-corrected chi connectivity index (χ1v) is 9.90. The summed E-state index contributed by atoms with van der Waals surface area (Å²) in [7, 11) is 0. The second kappa shape index (κ2) is 19.4. The highest BCUT2D eigenvalue weighted by Gasteiger charge is 2.01. The molecule has 0 radical (unpaired) electrons. The molecular weight excluding hydrogens is 284 g/mol. The summed E-state index contributed by atoms with van der Waals surface area (Å²) in [6.45, 7) is 2.35. The molecule has 0 heterocycles. The summed E-state index contributed by atoms with van der Waals surface area (Å²) < 4.78 is 0. The van der Waals surface area contributed by atoms with Gasteiger partial charge in [-0.05, 0) is 44.9 Å². The van der Waals surface area contributed by atoms with E-state index in [1.54, 1.807) is 0 Å². The van der Waals surface area contributed by atoms with E-state index >= 15 is 0 Å². The maximum atomic E-state index is 9.49. The van der Waals surface area contributed by atoms with Gasteiger partial charge in [-0.15, -0.1) is 0 Å². The van der Waals surface area contributed by atoms with Crippen molar-refractivity contribution >= 4 is 0 Å². The van der Waals surface area contributed by atoms with Gasteiger partial charge in [0, 0.05) is 6.61 Å². The highest BCUT2D eigenvalue weighted by Crippen LogP contribution is 2.11. The van der Waals surface area contributed by atoms with Gasteiger partial charge in [-0.3, -0.25) is 0 Å². The normalized spacial score (nSPS) is 13.3. The second-order valence-electron chi connectivity index (χ2n) is 6.54. The van der Waals surface area contributed by atoms with Crippen molar-refractivity contribution in [2.75, 3.05) is 6.61 Å². The van der Waals surface area contributed by atoms with Crippen LogP contribution in [0.1, 0.15) is 96.8 Å². The Bertz CT molecular complexity index is 271. The molecule has 0 aliphatic carbocycles. The summed E-state index contributed by atoms with van der Waals surface area (Å²) in [6, 6.07) is 0. The monoisotopic (exact) mass is 324 g/mol. The molecule has 0 aliphatic heterocycles. The van der Waals surface area contributed by atoms with Gasteiger partial charge in [-0.2, -0.15) is 0 Å². The number of unbranched alkanes of at least 4 members (excludes halogenated alkanes) is 9. The second-order valence-corrected chi connectivity index (χ2v) is 6.54. The molecule has 23 heavy (non-hydrogen) atoms. The molecule has 0 aromatic carbocycles. The van der Waals surface area contributed by atoms with Crippen molar-refractivity contribution in [2.24, 2.45) is 0 Å². The molecule has 2 nitrogen and oxygen atoms in total. The van der Waals surface area contributed by atoms with Crippen LogP contribution in [0.5, 0.6) is 0 Å². The number of aliphatic hydroxyl groups is 2. The van der Waals surface area contributed by atoms with Crippen LogP contribution in [-0.2, 0) is 0 Å². The molecule has 0 bridgehead atoms. The quantitative estimate of drug-likeness (QED) is 0.257. The van der Waals surface area contributed by atoms with E-state index in [1.165, 1.54) is 64.2 Å². The lowest BCUT2D eigenvalue weighted by molar-refractivity contribution is 0.122. The van der Waals surface area contributed by atoms with E-state index in [4.69, 9.17) is 5.11 Å². The van der Waals surface area contributed by atoms with Gasteiger partial charge < -0.3 is 10.2 Å². The summed E-state index contributed by atoms with van der Waals surface area (Å²) in [6.07, 6.45) is 25.3. The first-order chi connectivity index (χ1) is 11.3. The van der Waals surface area contributed by atoms with Crippen molar-refractivity contribution in [1.82, 2.24) is 0 Å². The minimum absolute atomic E-state index is 0.101. The lowest BCUT2D eigenvalue weighted by Gasteiger charge is -2.07. The van der Waals surface area contributed by atoms with E-state index < -0.39 is 0 Å². The van der Waals surface area contributed by atoms with Crippen molar-refractivity contribution in [1.29, 1.82) is 0 Å². The van der Waals surface area contributed by atoms with Crippen molar-refractivity contribution in [2.45, 2.75) is 103 Å². The van der Waals surface area contributed by atoms with E-state index in [9.17, 15) is 5.11 Å². The molecule has 0 aromatic heterocycles. The third-order valence-corrected chi connectivity index (χ3v) is 4.20. The van der Waals surface area contributed by atoms with Gasteiger partial charge in [0.25, 0.3) is 0 Å². The van der Waals surface area contributed by atoms with Gasteiger partial charge in [-0.25, -0.2) is 0 Å². The molecule has 0 amide bonds. The van der Waals surface area contributed by atoms with E-state index in [2.05, 4.69) is 31.2 Å². The maximum Gasteiger partial charge on any atom is 0.0562 e. The van der Waals surface area contributed by atoms with Crippen LogP contribution in [0, 0.1) is 0 Å². The fourth-order valence-corrected chi connectivity index (χ4v) is 2.66. The molecule has 0 spiro atoms. The zero-order chi connectivity index (χ0) is 17.0. The molecule has 0 saturated carbocycles. The summed E-state index contributed by atoms with van der Waals surface area (Å²) in [5.41, 5.74) is 0. The van der Waals surface area contributed by atoms with Crippen LogP contribution in [0.25, 0.3) is 0 Å². The molecule has 0 fully saturated rings. The van der Waals surface area contributed by atoms with Gasteiger partial charge in [0.05, 0.1) is 6.10 Å². The Morgan fingerprint density at radius 2 is 1.26 bits per heavy atom. The Morgan fingerprint density at radius 1 is 0.696 bits per heavy atom. The molecular formula is C21H40O2. The molecule has 0 aromatic rings. The number of rotatable bonds is 17. The Labute approximate surface area is 144 Å². The predicted molar refractivity (Wildman–Crippen MR) is 102 cm³/mol. The zero-order valence-corrected chi connectivity index (χ0v) is 15.4. The van der Waals surface area contributed by atoms with Crippen LogP contribution in [0.3, 0.4) is 0 Å². The summed E-state index contributed by atoms with van der Waals surface area (Å²) in [4.78, 5) is 0. The molecule has 2 N–H and O–H groups in total. The first kappa shape index (κ1) is 22.4. The molecule has 136 valence electrons. The topological polar surface area (TPSA) is 40.5 Å². The number of hydrogen-bond acceptors (Lipinski definition) is 2.